The smallest absolute Gasteiger partial charge is 0.251 e. The molecule has 4 nitrogen and oxygen atoms in total. The van der Waals surface area contributed by atoms with E-state index < -0.39 is 0 Å². The molecule has 2 aromatic carbocycles. The molecule has 0 atom stereocenters. The summed E-state index contributed by atoms with van der Waals surface area (Å²) in [6, 6.07) is 21.1. The Labute approximate surface area is 140 Å². The van der Waals surface area contributed by atoms with Crippen LogP contribution in [0.5, 0.6) is 0 Å². The van der Waals surface area contributed by atoms with Gasteiger partial charge in [0.05, 0.1) is 0 Å². The number of aromatic nitrogens is 1. The number of carbonyl (C=O) groups is 1. The van der Waals surface area contributed by atoms with E-state index in [1.807, 2.05) is 36.4 Å². The number of amides is 1. The minimum Gasteiger partial charge on any atom is -0.348 e. The zero-order valence-corrected chi connectivity index (χ0v) is 13.4. The van der Waals surface area contributed by atoms with Crippen LogP contribution in [-0.2, 0) is 13.6 Å². The fourth-order valence-electron chi connectivity index (χ4n) is 2.47. The van der Waals surface area contributed by atoms with Crippen LogP contribution in [0.1, 0.15) is 15.9 Å². The quantitative estimate of drug-likeness (QED) is 0.804. The fraction of sp³-hybridized carbons (Fsp3) is 0.100. The van der Waals surface area contributed by atoms with E-state index in [1.54, 1.807) is 19.3 Å². The average Bonchev–Trinajstić information content (AvgIpc) is 2.63. The van der Waals surface area contributed by atoms with Crippen LogP contribution < -0.4 is 10.9 Å². The minimum atomic E-state index is -0.252. The van der Waals surface area contributed by atoms with E-state index in [2.05, 4.69) is 23.5 Å². The first-order chi connectivity index (χ1) is 11.6. The van der Waals surface area contributed by atoms with Crippen molar-refractivity contribution in [2.45, 2.75) is 6.54 Å². The van der Waals surface area contributed by atoms with Crippen molar-refractivity contribution in [2.24, 2.45) is 7.05 Å². The summed E-state index contributed by atoms with van der Waals surface area (Å²) in [5.74, 6) is -0.252. The van der Waals surface area contributed by atoms with E-state index in [0.717, 1.165) is 16.7 Å². The van der Waals surface area contributed by atoms with Crippen molar-refractivity contribution in [1.82, 2.24) is 9.88 Å². The van der Waals surface area contributed by atoms with Gasteiger partial charge >= 0.3 is 0 Å². The van der Waals surface area contributed by atoms with Crippen molar-refractivity contribution in [3.05, 3.63) is 94.4 Å². The zero-order chi connectivity index (χ0) is 16.9. The van der Waals surface area contributed by atoms with Crippen molar-refractivity contribution >= 4 is 5.91 Å². The number of hydrogen-bond donors (Lipinski definition) is 1. The fourth-order valence-corrected chi connectivity index (χ4v) is 2.47. The Bertz CT molecular complexity index is 914. The molecule has 0 aliphatic heterocycles. The molecule has 0 saturated heterocycles. The summed E-state index contributed by atoms with van der Waals surface area (Å²) < 4.78 is 1.43. The van der Waals surface area contributed by atoms with Crippen LogP contribution in [-0.4, -0.2) is 10.5 Å². The second kappa shape index (κ2) is 6.96. The molecule has 0 aliphatic carbocycles. The first-order valence-corrected chi connectivity index (χ1v) is 7.73. The van der Waals surface area contributed by atoms with Crippen LogP contribution in [0, 0.1) is 0 Å². The van der Waals surface area contributed by atoms with Gasteiger partial charge in [0.15, 0.2) is 0 Å². The molecule has 120 valence electrons. The summed E-state index contributed by atoms with van der Waals surface area (Å²) in [6.45, 7) is 0.411. The molecule has 3 rings (SSSR count). The van der Waals surface area contributed by atoms with E-state index >= 15 is 0 Å². The molecule has 3 aromatic rings. The number of nitrogens with one attached hydrogen (secondary N) is 1. The van der Waals surface area contributed by atoms with Crippen molar-refractivity contribution in [2.75, 3.05) is 0 Å². The maximum absolute atomic E-state index is 12.2. The molecule has 0 spiro atoms. The molecule has 4 heteroatoms. The van der Waals surface area contributed by atoms with Crippen molar-refractivity contribution in [1.29, 1.82) is 0 Å². The predicted octanol–water partition coefficient (Wildman–Crippen LogP) is 2.98. The number of benzene rings is 2. The molecule has 0 bridgehead atoms. The summed E-state index contributed by atoms with van der Waals surface area (Å²) in [5, 5.41) is 2.85. The number of carbonyl (C=O) groups excluding carboxylic acids is 1. The molecular weight excluding hydrogens is 300 g/mol. The van der Waals surface area contributed by atoms with Gasteiger partial charge in [0.1, 0.15) is 0 Å². The van der Waals surface area contributed by atoms with Crippen LogP contribution in [0.25, 0.3) is 11.1 Å². The predicted molar refractivity (Wildman–Crippen MR) is 94.7 cm³/mol. The highest BCUT2D eigenvalue weighted by Gasteiger charge is 2.07. The Balaban J connectivity index is 1.71. The van der Waals surface area contributed by atoms with Crippen molar-refractivity contribution in [3.63, 3.8) is 0 Å². The molecule has 0 unspecified atom stereocenters. The number of hydrogen-bond acceptors (Lipinski definition) is 2. The lowest BCUT2D eigenvalue weighted by molar-refractivity contribution is 0.0950. The molecule has 1 heterocycles. The van der Waals surface area contributed by atoms with Gasteiger partial charge in [0.25, 0.3) is 11.5 Å². The van der Waals surface area contributed by atoms with Crippen LogP contribution in [0.15, 0.2) is 77.7 Å². The van der Waals surface area contributed by atoms with Crippen LogP contribution in [0.4, 0.5) is 0 Å². The highest BCUT2D eigenvalue weighted by Crippen LogP contribution is 2.19. The summed E-state index contributed by atoms with van der Waals surface area (Å²) >= 11 is 0. The first-order valence-electron chi connectivity index (χ1n) is 7.73. The molecule has 0 saturated carbocycles. The Morgan fingerprint density at radius 3 is 2.46 bits per heavy atom. The van der Waals surface area contributed by atoms with Gasteiger partial charge < -0.3 is 9.88 Å². The second-order valence-electron chi connectivity index (χ2n) is 5.61. The van der Waals surface area contributed by atoms with E-state index in [4.69, 9.17) is 0 Å². The summed E-state index contributed by atoms with van der Waals surface area (Å²) in [6.07, 6.45) is 1.59. The van der Waals surface area contributed by atoms with Crippen molar-refractivity contribution < 1.29 is 4.79 Å². The van der Waals surface area contributed by atoms with Gasteiger partial charge in [-0.05, 0) is 28.8 Å². The number of nitrogens with zero attached hydrogens (tertiary/aromatic N) is 1. The molecule has 1 N–H and O–H groups in total. The largest absolute Gasteiger partial charge is 0.348 e. The van der Waals surface area contributed by atoms with E-state index in [-0.39, 0.29) is 11.5 Å². The third kappa shape index (κ3) is 3.60. The van der Waals surface area contributed by atoms with Crippen molar-refractivity contribution in [3.8, 4) is 11.1 Å². The van der Waals surface area contributed by atoms with E-state index in [0.29, 0.717) is 12.1 Å². The molecule has 0 fully saturated rings. The third-order valence-electron chi connectivity index (χ3n) is 3.85. The molecule has 1 amide bonds. The number of rotatable bonds is 4. The van der Waals surface area contributed by atoms with E-state index in [9.17, 15) is 9.59 Å². The Hall–Kier alpha value is -3.14. The van der Waals surface area contributed by atoms with E-state index in [1.165, 1.54) is 10.6 Å². The Kier molecular flexibility index (Phi) is 4.57. The molecule has 24 heavy (non-hydrogen) atoms. The summed E-state index contributed by atoms with van der Waals surface area (Å²) in [5.41, 5.74) is 3.42. The van der Waals surface area contributed by atoms with Crippen LogP contribution >= 0.6 is 0 Å². The van der Waals surface area contributed by atoms with Gasteiger partial charge in [-0.1, -0.05) is 48.5 Å². The highest BCUT2D eigenvalue weighted by molar-refractivity contribution is 5.93. The Morgan fingerprint density at radius 2 is 1.71 bits per heavy atom. The SMILES string of the molecule is Cn1ccc(C(=O)NCc2cccc(-c3ccccc3)c2)cc1=O. The van der Waals surface area contributed by atoms with Crippen LogP contribution in [0.3, 0.4) is 0 Å². The lowest BCUT2D eigenvalue weighted by Crippen LogP contribution is -2.25. The lowest BCUT2D eigenvalue weighted by atomic mass is 10.0. The van der Waals surface area contributed by atoms with Gasteiger partial charge in [-0.3, -0.25) is 9.59 Å². The van der Waals surface area contributed by atoms with Gasteiger partial charge in [-0.15, -0.1) is 0 Å². The van der Waals surface area contributed by atoms with Gasteiger partial charge in [0.2, 0.25) is 0 Å². The third-order valence-corrected chi connectivity index (χ3v) is 3.85. The Morgan fingerprint density at radius 1 is 0.958 bits per heavy atom. The standard InChI is InChI=1S/C20H18N2O2/c1-22-11-10-18(13-19(22)23)20(24)21-14-15-6-5-9-17(12-15)16-7-3-2-4-8-16/h2-13H,14H2,1H3,(H,21,24). The summed E-state index contributed by atoms with van der Waals surface area (Å²) in [4.78, 5) is 23.8. The summed E-state index contributed by atoms with van der Waals surface area (Å²) in [7, 11) is 1.65. The zero-order valence-electron chi connectivity index (χ0n) is 13.4. The molecule has 1 aromatic heterocycles. The minimum absolute atomic E-state index is 0.200. The monoisotopic (exact) mass is 318 g/mol. The van der Waals surface area contributed by atoms with Gasteiger partial charge in [-0.25, -0.2) is 0 Å². The molecule has 0 radical (unpaired) electrons. The molecular formula is C20H18N2O2. The average molecular weight is 318 g/mol. The number of aryl methyl sites for hydroxylation is 1. The normalized spacial score (nSPS) is 10.4. The molecule has 0 aliphatic rings. The number of pyridine rings is 1. The highest BCUT2D eigenvalue weighted by atomic mass is 16.2. The van der Waals surface area contributed by atoms with Gasteiger partial charge in [0, 0.05) is 31.4 Å². The lowest BCUT2D eigenvalue weighted by Gasteiger charge is -2.08. The first kappa shape index (κ1) is 15.7. The van der Waals surface area contributed by atoms with Crippen LogP contribution in [0.2, 0.25) is 0 Å². The maximum atomic E-state index is 12.2. The maximum Gasteiger partial charge on any atom is 0.251 e. The topological polar surface area (TPSA) is 51.1 Å². The van der Waals surface area contributed by atoms with Gasteiger partial charge in [-0.2, -0.15) is 0 Å². The second-order valence-corrected chi connectivity index (χ2v) is 5.61.